The van der Waals surface area contributed by atoms with Crippen molar-refractivity contribution < 1.29 is 23.2 Å². The average Bonchev–Trinajstić information content (AvgIpc) is 3.12. The first-order chi connectivity index (χ1) is 15.9. The second kappa shape index (κ2) is 8.62. The number of amides is 3. The van der Waals surface area contributed by atoms with Crippen LogP contribution in [-0.2, 0) is 22.7 Å². The molecule has 1 unspecified atom stereocenters. The van der Waals surface area contributed by atoms with Gasteiger partial charge in [0.15, 0.2) is 5.82 Å². The summed E-state index contributed by atoms with van der Waals surface area (Å²) in [5.74, 6) is -1.50. The molecule has 1 N–H and O–H groups in total. The second-order valence-electron chi connectivity index (χ2n) is 8.86. The number of pyridine rings is 1. The minimum Gasteiger partial charge on any atom is -0.322 e. The number of hydrogen-bond donors (Lipinski definition) is 1. The van der Waals surface area contributed by atoms with Crippen molar-refractivity contribution in [3.8, 4) is 11.3 Å². The van der Waals surface area contributed by atoms with Crippen LogP contribution < -0.4 is 5.32 Å². The fraction of sp³-hybridized carbons (Fsp3) is 0.417. The van der Waals surface area contributed by atoms with E-state index in [1.165, 1.54) is 4.90 Å². The Balaban J connectivity index is 1.37. The molecular formula is C24H24F2N4O3. The molecular weight excluding hydrogens is 430 g/mol. The molecule has 0 radical (unpaired) electrons. The van der Waals surface area contributed by atoms with E-state index in [4.69, 9.17) is 0 Å². The highest BCUT2D eigenvalue weighted by molar-refractivity contribution is 6.05. The third-order valence-corrected chi connectivity index (χ3v) is 6.68. The minimum atomic E-state index is -0.784. The van der Waals surface area contributed by atoms with Gasteiger partial charge in [0.25, 0.3) is 5.91 Å². The summed E-state index contributed by atoms with van der Waals surface area (Å²) < 4.78 is 28.8. The molecule has 2 fully saturated rings. The van der Waals surface area contributed by atoms with Crippen LogP contribution in [0.5, 0.6) is 0 Å². The highest BCUT2D eigenvalue weighted by Crippen LogP contribution is 2.32. The maximum Gasteiger partial charge on any atom is 0.255 e. The molecule has 3 aliphatic heterocycles. The molecule has 1 aromatic heterocycles. The quantitative estimate of drug-likeness (QED) is 0.719. The van der Waals surface area contributed by atoms with E-state index < -0.39 is 23.9 Å². The predicted octanol–water partition coefficient (Wildman–Crippen LogP) is 2.58. The number of fused-ring (bicyclic) bond motifs is 1. The minimum absolute atomic E-state index is 0.187. The van der Waals surface area contributed by atoms with Gasteiger partial charge in [-0.25, -0.2) is 8.78 Å². The number of rotatable bonds is 4. The van der Waals surface area contributed by atoms with E-state index in [-0.39, 0.29) is 36.9 Å². The number of hydrogen-bond acceptors (Lipinski definition) is 5. The Morgan fingerprint density at radius 3 is 2.64 bits per heavy atom. The summed E-state index contributed by atoms with van der Waals surface area (Å²) >= 11 is 0. The van der Waals surface area contributed by atoms with Gasteiger partial charge < -0.3 is 4.90 Å². The summed E-state index contributed by atoms with van der Waals surface area (Å²) in [6, 6.07) is 5.98. The SMILES string of the molecule is O=C1CCC(N2Cc3cc(-c4nccc(CN5CCC(F)CC5)c4F)ccc3C2=O)C(=O)N1. The topological polar surface area (TPSA) is 82.6 Å². The number of carbonyl (C=O) groups excluding carboxylic acids is 3. The summed E-state index contributed by atoms with van der Waals surface area (Å²) in [5.41, 5.74) is 2.41. The molecule has 0 spiro atoms. The van der Waals surface area contributed by atoms with Crippen molar-refractivity contribution in [2.45, 2.75) is 51.0 Å². The number of imide groups is 1. The first kappa shape index (κ1) is 21.6. The van der Waals surface area contributed by atoms with E-state index >= 15 is 4.39 Å². The predicted molar refractivity (Wildman–Crippen MR) is 115 cm³/mol. The number of alkyl halides is 1. The lowest BCUT2D eigenvalue weighted by molar-refractivity contribution is -0.136. The zero-order valence-electron chi connectivity index (χ0n) is 18.0. The summed E-state index contributed by atoms with van der Waals surface area (Å²) in [7, 11) is 0. The lowest BCUT2D eigenvalue weighted by atomic mass is 10.0. The molecule has 33 heavy (non-hydrogen) atoms. The van der Waals surface area contributed by atoms with Crippen molar-refractivity contribution in [1.82, 2.24) is 20.1 Å². The van der Waals surface area contributed by atoms with E-state index in [0.717, 1.165) is 0 Å². The number of benzene rings is 1. The Labute approximate surface area is 189 Å². The van der Waals surface area contributed by atoms with Gasteiger partial charge in [-0.2, -0.15) is 0 Å². The Bertz CT molecular complexity index is 1130. The Hall–Kier alpha value is -3.20. The molecule has 2 saturated heterocycles. The van der Waals surface area contributed by atoms with Crippen LogP contribution in [0, 0.1) is 5.82 Å². The smallest absolute Gasteiger partial charge is 0.255 e. The van der Waals surface area contributed by atoms with Crippen molar-refractivity contribution in [3.63, 3.8) is 0 Å². The third kappa shape index (κ3) is 4.13. The fourth-order valence-corrected chi connectivity index (χ4v) is 4.83. The van der Waals surface area contributed by atoms with Crippen LogP contribution in [0.4, 0.5) is 8.78 Å². The van der Waals surface area contributed by atoms with Gasteiger partial charge in [0.05, 0.1) is 0 Å². The van der Waals surface area contributed by atoms with Gasteiger partial charge in [0.2, 0.25) is 11.8 Å². The standard InChI is InChI=1S/C24H24F2N4O3/c25-17-6-9-29(10-7-17)12-15-5-8-27-22(21(15)26)14-1-2-18-16(11-14)13-30(24(18)33)19-3-4-20(31)28-23(19)32/h1-2,5,8,11,17,19H,3-4,6-7,9-10,12-13H2,(H,28,31,32). The molecule has 9 heteroatoms. The molecule has 1 atom stereocenters. The highest BCUT2D eigenvalue weighted by atomic mass is 19.1. The van der Waals surface area contributed by atoms with E-state index in [1.807, 2.05) is 4.90 Å². The second-order valence-corrected chi connectivity index (χ2v) is 8.86. The highest BCUT2D eigenvalue weighted by Gasteiger charge is 2.39. The number of piperidine rings is 2. The van der Waals surface area contributed by atoms with Crippen LogP contribution >= 0.6 is 0 Å². The first-order valence-corrected chi connectivity index (χ1v) is 11.2. The van der Waals surface area contributed by atoms with E-state index in [9.17, 15) is 18.8 Å². The van der Waals surface area contributed by atoms with Crippen LogP contribution in [0.25, 0.3) is 11.3 Å². The first-order valence-electron chi connectivity index (χ1n) is 11.2. The Morgan fingerprint density at radius 1 is 1.09 bits per heavy atom. The third-order valence-electron chi connectivity index (χ3n) is 6.68. The number of likely N-dealkylation sites (tertiary alicyclic amines) is 1. The van der Waals surface area contributed by atoms with Gasteiger partial charge in [-0.15, -0.1) is 0 Å². The van der Waals surface area contributed by atoms with Gasteiger partial charge in [0.1, 0.15) is 17.9 Å². The van der Waals surface area contributed by atoms with Crippen LogP contribution in [0.1, 0.15) is 47.2 Å². The van der Waals surface area contributed by atoms with Crippen molar-refractivity contribution in [2.75, 3.05) is 13.1 Å². The van der Waals surface area contributed by atoms with Gasteiger partial charge in [-0.1, -0.05) is 6.07 Å². The van der Waals surface area contributed by atoms with Crippen molar-refractivity contribution in [3.05, 3.63) is 53.0 Å². The van der Waals surface area contributed by atoms with Gasteiger partial charge in [-0.05, 0) is 43.0 Å². The molecule has 4 heterocycles. The molecule has 3 aliphatic rings. The van der Waals surface area contributed by atoms with Crippen LogP contribution in [0.2, 0.25) is 0 Å². The molecule has 3 amide bonds. The van der Waals surface area contributed by atoms with E-state index in [1.54, 1.807) is 30.5 Å². The largest absolute Gasteiger partial charge is 0.322 e. The van der Waals surface area contributed by atoms with Gasteiger partial charge in [0, 0.05) is 55.5 Å². The van der Waals surface area contributed by atoms with Crippen LogP contribution in [0.3, 0.4) is 0 Å². The normalized spacial score (nSPS) is 21.9. The number of halogens is 2. The number of nitrogens with zero attached hydrogens (tertiary/aromatic N) is 3. The summed E-state index contributed by atoms with van der Waals surface area (Å²) in [6.07, 6.45) is 2.17. The van der Waals surface area contributed by atoms with Crippen LogP contribution in [-0.4, -0.2) is 57.8 Å². The molecule has 172 valence electrons. The molecule has 5 rings (SSSR count). The molecule has 0 bridgehead atoms. The molecule has 7 nitrogen and oxygen atoms in total. The monoisotopic (exact) mass is 454 g/mol. The summed E-state index contributed by atoms with van der Waals surface area (Å²) in [5, 5.41) is 2.28. The zero-order chi connectivity index (χ0) is 23.1. The Kier molecular flexibility index (Phi) is 5.65. The van der Waals surface area contributed by atoms with Gasteiger partial charge in [-0.3, -0.25) is 29.6 Å². The van der Waals surface area contributed by atoms with Gasteiger partial charge >= 0.3 is 0 Å². The van der Waals surface area contributed by atoms with E-state index in [2.05, 4.69) is 10.3 Å². The van der Waals surface area contributed by atoms with Crippen molar-refractivity contribution >= 4 is 17.7 Å². The molecule has 0 aliphatic carbocycles. The lowest BCUT2D eigenvalue weighted by Crippen LogP contribution is -2.52. The maximum absolute atomic E-state index is 15.3. The fourth-order valence-electron chi connectivity index (χ4n) is 4.83. The van der Waals surface area contributed by atoms with Crippen LogP contribution in [0.15, 0.2) is 30.5 Å². The number of nitrogens with one attached hydrogen (secondary N) is 1. The number of aromatic nitrogens is 1. The summed E-state index contributed by atoms with van der Waals surface area (Å²) in [6.45, 7) is 1.79. The maximum atomic E-state index is 15.3. The molecule has 0 saturated carbocycles. The van der Waals surface area contributed by atoms with E-state index in [0.29, 0.717) is 54.7 Å². The molecule has 2 aromatic rings. The average molecular weight is 454 g/mol. The summed E-state index contributed by atoms with van der Waals surface area (Å²) in [4.78, 5) is 44.3. The zero-order valence-corrected chi connectivity index (χ0v) is 18.0. The molecule has 1 aromatic carbocycles. The lowest BCUT2D eigenvalue weighted by Gasteiger charge is -2.29. The van der Waals surface area contributed by atoms with Crippen molar-refractivity contribution in [1.29, 1.82) is 0 Å². The number of carbonyl (C=O) groups is 3. The Morgan fingerprint density at radius 2 is 1.88 bits per heavy atom. The van der Waals surface area contributed by atoms with Crippen molar-refractivity contribution in [2.24, 2.45) is 0 Å².